The van der Waals surface area contributed by atoms with Gasteiger partial charge in [0.25, 0.3) is 0 Å². The second-order valence-corrected chi connectivity index (χ2v) is 5.15. The summed E-state index contributed by atoms with van der Waals surface area (Å²) in [6.07, 6.45) is 2.95. The van der Waals surface area contributed by atoms with Gasteiger partial charge in [0.15, 0.2) is 5.78 Å². The van der Waals surface area contributed by atoms with Crippen molar-refractivity contribution in [2.45, 2.75) is 13.8 Å². The molecule has 23 heavy (non-hydrogen) atoms. The lowest BCUT2D eigenvalue weighted by atomic mass is 10.1. The van der Waals surface area contributed by atoms with Crippen LogP contribution in [0.1, 0.15) is 18.4 Å². The maximum absolute atomic E-state index is 11.2. The van der Waals surface area contributed by atoms with Crippen molar-refractivity contribution in [2.75, 3.05) is 5.23 Å². The van der Waals surface area contributed by atoms with Crippen molar-refractivity contribution < 1.29 is 18.8 Å². The zero-order valence-electron chi connectivity index (χ0n) is 12.6. The molecule has 6 nitrogen and oxygen atoms in total. The van der Waals surface area contributed by atoms with Crippen LogP contribution in [-0.4, -0.2) is 11.0 Å². The van der Waals surface area contributed by atoms with Crippen LogP contribution in [-0.2, 0) is 4.79 Å². The minimum atomic E-state index is -0.214. The first kappa shape index (κ1) is 15.1. The maximum Gasteiger partial charge on any atom is 0.152 e. The number of rotatable bonds is 4. The predicted molar refractivity (Wildman–Crippen MR) is 86.0 cm³/mol. The third kappa shape index (κ3) is 2.90. The van der Waals surface area contributed by atoms with E-state index in [1.807, 2.05) is 13.0 Å². The molecule has 0 aliphatic rings. The molecule has 1 aromatic carbocycles. The summed E-state index contributed by atoms with van der Waals surface area (Å²) in [7, 11) is 0. The van der Waals surface area contributed by atoms with Crippen molar-refractivity contribution in [1.29, 1.82) is 0 Å². The Kier molecular flexibility index (Phi) is 3.77. The molecule has 0 spiro atoms. The fourth-order valence-corrected chi connectivity index (χ4v) is 2.36. The zero-order chi connectivity index (χ0) is 16.6. The minimum absolute atomic E-state index is 0.0740. The molecule has 3 aromatic rings. The highest BCUT2D eigenvalue weighted by Crippen LogP contribution is 2.38. The molecule has 0 atom stereocenters. The maximum atomic E-state index is 11.2. The van der Waals surface area contributed by atoms with Gasteiger partial charge in [-0.1, -0.05) is 0 Å². The highest BCUT2D eigenvalue weighted by atomic mass is 16.8. The molecule has 0 amide bonds. The van der Waals surface area contributed by atoms with E-state index in [9.17, 15) is 10.0 Å². The van der Waals surface area contributed by atoms with Crippen molar-refractivity contribution in [3.63, 3.8) is 0 Å². The molecule has 0 saturated carbocycles. The van der Waals surface area contributed by atoms with Gasteiger partial charge in [-0.2, -0.15) is 0 Å². The summed E-state index contributed by atoms with van der Waals surface area (Å²) in [6, 6.07) is 8.11. The lowest BCUT2D eigenvalue weighted by Crippen LogP contribution is -2.06. The summed E-state index contributed by atoms with van der Waals surface area (Å²) in [5.74, 6) is 1.60. The quantitative estimate of drug-likeness (QED) is 0.570. The number of nitrogens with zero attached hydrogens (tertiary/aromatic N) is 1. The number of benzene rings is 1. The second kappa shape index (κ2) is 5.75. The SMILES string of the molecule is CC(=O)C=Cc1oc2ccc(N([O-])O)cc2c1-c1ccc(C)o1. The van der Waals surface area contributed by atoms with E-state index in [4.69, 9.17) is 14.0 Å². The van der Waals surface area contributed by atoms with Gasteiger partial charge in [-0.3, -0.25) is 10.0 Å². The van der Waals surface area contributed by atoms with Gasteiger partial charge in [0.2, 0.25) is 0 Å². The van der Waals surface area contributed by atoms with Gasteiger partial charge in [-0.25, -0.2) is 0 Å². The third-order valence-electron chi connectivity index (χ3n) is 3.38. The second-order valence-electron chi connectivity index (χ2n) is 5.15. The molecule has 0 unspecified atom stereocenters. The predicted octanol–water partition coefficient (Wildman–Crippen LogP) is 4.30. The number of anilines is 1. The van der Waals surface area contributed by atoms with Crippen LogP contribution in [0.2, 0.25) is 0 Å². The van der Waals surface area contributed by atoms with E-state index in [1.54, 1.807) is 18.2 Å². The number of hydrogen-bond acceptors (Lipinski definition) is 6. The van der Waals surface area contributed by atoms with E-state index in [-0.39, 0.29) is 16.7 Å². The highest BCUT2D eigenvalue weighted by molar-refractivity contribution is 6.00. The molecule has 0 aliphatic carbocycles. The summed E-state index contributed by atoms with van der Waals surface area (Å²) in [5.41, 5.74) is 1.21. The van der Waals surface area contributed by atoms with Gasteiger partial charge in [-0.05, 0) is 56.3 Å². The molecule has 2 aromatic heterocycles. The summed E-state index contributed by atoms with van der Waals surface area (Å²) in [5, 5.41) is 20.6. The number of furan rings is 2. The van der Waals surface area contributed by atoms with Gasteiger partial charge < -0.3 is 19.3 Å². The normalized spacial score (nSPS) is 11.5. The molecule has 6 heteroatoms. The number of carbonyl (C=O) groups is 1. The summed E-state index contributed by atoms with van der Waals surface area (Å²) >= 11 is 0. The summed E-state index contributed by atoms with van der Waals surface area (Å²) in [6.45, 7) is 3.25. The third-order valence-corrected chi connectivity index (χ3v) is 3.38. The molecule has 118 valence electrons. The average Bonchev–Trinajstić information content (AvgIpc) is 3.07. The van der Waals surface area contributed by atoms with Gasteiger partial charge in [0.05, 0.1) is 11.3 Å². The fourth-order valence-electron chi connectivity index (χ4n) is 2.36. The van der Waals surface area contributed by atoms with E-state index in [1.165, 1.54) is 25.1 Å². The number of carbonyl (C=O) groups excluding carboxylic acids is 1. The van der Waals surface area contributed by atoms with E-state index in [2.05, 4.69) is 0 Å². The molecule has 0 bridgehead atoms. The molecule has 2 heterocycles. The van der Waals surface area contributed by atoms with Gasteiger partial charge in [0, 0.05) is 5.39 Å². The standard InChI is InChI=1S/C17H14NO5/c1-10(19)3-6-16-17(15-7-4-11(2)22-15)13-9-12(18(20)21)5-8-14(13)23-16/h3-9,20H,1-2H3/q-1. The molecular formula is C17H14NO5-. The van der Waals surface area contributed by atoms with E-state index in [0.29, 0.717) is 28.1 Å². The lowest BCUT2D eigenvalue weighted by Gasteiger charge is -2.21. The fraction of sp³-hybridized carbons (Fsp3) is 0.118. The first-order valence-electron chi connectivity index (χ1n) is 6.94. The van der Waals surface area contributed by atoms with Crippen LogP contribution in [0.5, 0.6) is 0 Å². The highest BCUT2D eigenvalue weighted by Gasteiger charge is 2.18. The number of hydrogen-bond donors (Lipinski definition) is 1. The largest absolute Gasteiger partial charge is 0.733 e. The molecule has 0 saturated heterocycles. The van der Waals surface area contributed by atoms with Gasteiger partial charge in [0.1, 0.15) is 22.9 Å². The van der Waals surface area contributed by atoms with Crippen molar-refractivity contribution >= 4 is 28.5 Å². The van der Waals surface area contributed by atoms with E-state index >= 15 is 0 Å². The van der Waals surface area contributed by atoms with Crippen LogP contribution in [0.4, 0.5) is 5.69 Å². The van der Waals surface area contributed by atoms with Crippen LogP contribution in [0.3, 0.4) is 0 Å². The van der Waals surface area contributed by atoms with Crippen molar-refractivity contribution in [2.24, 2.45) is 0 Å². The van der Waals surface area contributed by atoms with Crippen molar-refractivity contribution in [3.8, 4) is 11.3 Å². The average molecular weight is 312 g/mol. The van der Waals surface area contributed by atoms with Gasteiger partial charge >= 0.3 is 0 Å². The Morgan fingerprint density at radius 2 is 2.04 bits per heavy atom. The van der Waals surface area contributed by atoms with Crippen molar-refractivity contribution in [3.05, 3.63) is 53.1 Å². The molecule has 3 rings (SSSR count). The molecule has 1 N–H and O–H groups in total. The van der Waals surface area contributed by atoms with Crippen LogP contribution >= 0.6 is 0 Å². The Morgan fingerprint density at radius 3 is 2.65 bits per heavy atom. The first-order chi connectivity index (χ1) is 11.0. The number of ketones is 1. The number of aryl methyl sites for hydroxylation is 1. The Bertz CT molecular complexity index is 901. The molecule has 0 radical (unpaired) electrons. The summed E-state index contributed by atoms with van der Waals surface area (Å²) < 4.78 is 11.4. The Morgan fingerprint density at radius 1 is 1.26 bits per heavy atom. The monoisotopic (exact) mass is 312 g/mol. The van der Waals surface area contributed by atoms with Crippen LogP contribution in [0.25, 0.3) is 28.4 Å². The first-order valence-corrected chi connectivity index (χ1v) is 6.94. The van der Waals surface area contributed by atoms with Crippen LogP contribution < -0.4 is 5.23 Å². The Labute approximate surface area is 131 Å². The van der Waals surface area contributed by atoms with Crippen LogP contribution in [0, 0.1) is 12.1 Å². The van der Waals surface area contributed by atoms with E-state index in [0.717, 1.165) is 5.76 Å². The van der Waals surface area contributed by atoms with Crippen molar-refractivity contribution in [1.82, 2.24) is 0 Å². The topological polar surface area (TPSA) is 89.9 Å². The smallest absolute Gasteiger partial charge is 0.152 e. The van der Waals surface area contributed by atoms with Gasteiger partial charge in [-0.15, -0.1) is 0 Å². The lowest BCUT2D eigenvalue weighted by molar-refractivity contribution is -0.112. The zero-order valence-corrected chi connectivity index (χ0v) is 12.6. The number of allylic oxidation sites excluding steroid dienone is 1. The van der Waals surface area contributed by atoms with E-state index < -0.39 is 0 Å². The Balaban J connectivity index is 2.27. The molecule has 0 aliphatic heterocycles. The molecular weight excluding hydrogens is 298 g/mol. The molecule has 0 fully saturated rings. The minimum Gasteiger partial charge on any atom is -0.733 e. The van der Waals surface area contributed by atoms with Crippen LogP contribution in [0.15, 0.2) is 45.2 Å². The number of fused-ring (bicyclic) bond motifs is 1. The Hall–Kier alpha value is -2.83. The summed E-state index contributed by atoms with van der Waals surface area (Å²) in [4.78, 5) is 11.2.